The Morgan fingerprint density at radius 1 is 1.28 bits per heavy atom. The molecule has 1 aromatic rings. The van der Waals surface area contributed by atoms with Gasteiger partial charge in [0.25, 0.3) is 0 Å². The number of hydrogen-bond acceptors (Lipinski definition) is 2. The maximum Gasteiger partial charge on any atom is 0.159 e. The van der Waals surface area contributed by atoms with Gasteiger partial charge in [0.2, 0.25) is 0 Å². The molecule has 0 saturated carbocycles. The van der Waals surface area contributed by atoms with Gasteiger partial charge in [-0.15, -0.1) is 0 Å². The molecule has 0 aliphatic rings. The van der Waals surface area contributed by atoms with Crippen molar-refractivity contribution in [3.8, 4) is 0 Å². The van der Waals surface area contributed by atoms with E-state index in [0.717, 1.165) is 23.3 Å². The van der Waals surface area contributed by atoms with Gasteiger partial charge in [-0.2, -0.15) is 0 Å². The van der Waals surface area contributed by atoms with Crippen molar-refractivity contribution in [2.24, 2.45) is 0 Å². The van der Waals surface area contributed by atoms with E-state index in [1.54, 1.807) is 12.3 Å². The van der Waals surface area contributed by atoms with Crippen molar-refractivity contribution in [2.75, 3.05) is 0 Å². The first-order chi connectivity index (χ1) is 8.54. The number of aryl methyl sites for hydroxylation is 1. The molecule has 1 aromatic carbocycles. The summed E-state index contributed by atoms with van der Waals surface area (Å²) in [6, 6.07) is 7.53. The van der Waals surface area contributed by atoms with E-state index in [9.17, 15) is 9.00 Å². The maximum atomic E-state index is 12.0. The molecular formula is C15H20O2S. The molecule has 3 heteroatoms. The van der Waals surface area contributed by atoms with Gasteiger partial charge in [0.15, 0.2) is 5.78 Å². The van der Waals surface area contributed by atoms with Crippen molar-refractivity contribution >= 4 is 16.6 Å². The first kappa shape index (κ1) is 14.8. The fourth-order valence-electron chi connectivity index (χ4n) is 1.50. The number of carbonyl (C=O) groups excluding carboxylic acids is 1. The van der Waals surface area contributed by atoms with Gasteiger partial charge in [0.05, 0.1) is 10.8 Å². The van der Waals surface area contributed by atoms with E-state index in [1.165, 1.54) is 0 Å². The van der Waals surface area contributed by atoms with Crippen molar-refractivity contribution in [3.63, 3.8) is 0 Å². The fraction of sp³-hybridized carbons (Fsp3) is 0.400. The van der Waals surface area contributed by atoms with Crippen LogP contribution in [0.25, 0.3) is 0 Å². The number of carbonyl (C=O) groups is 1. The number of ketones is 1. The number of unbranched alkanes of at least 4 members (excludes halogenated alkanes) is 1. The van der Waals surface area contributed by atoms with Gasteiger partial charge in [-0.25, -0.2) is 4.21 Å². The van der Waals surface area contributed by atoms with Crippen LogP contribution >= 0.6 is 0 Å². The lowest BCUT2D eigenvalue weighted by Crippen LogP contribution is -2.00. The van der Waals surface area contributed by atoms with Crippen molar-refractivity contribution in [1.29, 1.82) is 0 Å². The zero-order valence-corrected chi connectivity index (χ0v) is 12.0. The zero-order chi connectivity index (χ0) is 13.5. The largest absolute Gasteiger partial charge is 0.295 e. The van der Waals surface area contributed by atoms with Crippen LogP contribution < -0.4 is 0 Å². The van der Waals surface area contributed by atoms with Crippen LogP contribution in [0.4, 0.5) is 0 Å². The number of rotatable bonds is 6. The lowest BCUT2D eigenvalue weighted by atomic mass is 10.1. The summed E-state index contributed by atoms with van der Waals surface area (Å²) in [5, 5.41) is 1.56. The number of benzene rings is 1. The number of Topliss-reactive ketones (excluding diaryl/α,β-unsaturated/α-hetero) is 1. The van der Waals surface area contributed by atoms with E-state index in [2.05, 4.69) is 6.92 Å². The van der Waals surface area contributed by atoms with Gasteiger partial charge >= 0.3 is 0 Å². The summed E-state index contributed by atoms with van der Waals surface area (Å²) in [4.78, 5) is 12.5. The molecule has 0 aliphatic heterocycles. The number of allylic oxidation sites excluding steroid dienone is 1. The molecule has 98 valence electrons. The molecule has 0 amide bonds. The van der Waals surface area contributed by atoms with Crippen LogP contribution in [-0.4, -0.2) is 9.99 Å². The van der Waals surface area contributed by atoms with Crippen molar-refractivity contribution < 1.29 is 9.00 Å². The second-order valence-electron chi connectivity index (χ2n) is 4.44. The summed E-state index contributed by atoms with van der Waals surface area (Å²) in [6.45, 7) is 5.78. The Bertz CT molecular complexity index is 458. The smallest absolute Gasteiger partial charge is 0.159 e. The monoisotopic (exact) mass is 264 g/mol. The molecule has 0 radical (unpaired) electrons. The van der Waals surface area contributed by atoms with Crippen LogP contribution in [0.1, 0.15) is 38.7 Å². The molecule has 0 bridgehead atoms. The molecule has 0 heterocycles. The lowest BCUT2D eigenvalue weighted by molar-refractivity contribution is -0.115. The highest BCUT2D eigenvalue weighted by molar-refractivity contribution is 7.88. The van der Waals surface area contributed by atoms with Crippen molar-refractivity contribution in [3.05, 3.63) is 40.8 Å². The Kier molecular flexibility index (Phi) is 5.99. The van der Waals surface area contributed by atoms with Gasteiger partial charge in [0.1, 0.15) is 0 Å². The van der Waals surface area contributed by atoms with E-state index in [1.807, 2.05) is 31.2 Å². The SMILES string of the molecule is CCCCC(=O)/C(C)=C\S(=O)c1ccc(C)cc1. The molecule has 0 aromatic heterocycles. The number of hydrogen-bond donors (Lipinski definition) is 0. The van der Waals surface area contributed by atoms with Crippen LogP contribution in [0.3, 0.4) is 0 Å². The third-order valence-electron chi connectivity index (χ3n) is 2.73. The Morgan fingerprint density at radius 2 is 1.89 bits per heavy atom. The highest BCUT2D eigenvalue weighted by Crippen LogP contribution is 2.12. The predicted molar refractivity (Wildman–Crippen MR) is 75.9 cm³/mol. The van der Waals surface area contributed by atoms with E-state index in [0.29, 0.717) is 12.0 Å². The summed E-state index contributed by atoms with van der Waals surface area (Å²) in [5.41, 5.74) is 1.73. The molecule has 0 saturated heterocycles. The molecule has 0 fully saturated rings. The summed E-state index contributed by atoms with van der Waals surface area (Å²) >= 11 is 0. The standard InChI is InChI=1S/C15H20O2S/c1-4-5-6-15(16)13(3)11-18(17)14-9-7-12(2)8-10-14/h7-11H,4-6H2,1-3H3/b13-11-. The topological polar surface area (TPSA) is 34.1 Å². The Morgan fingerprint density at radius 3 is 2.44 bits per heavy atom. The van der Waals surface area contributed by atoms with Crippen LogP contribution in [0.2, 0.25) is 0 Å². The van der Waals surface area contributed by atoms with Gasteiger partial charge < -0.3 is 0 Å². The minimum Gasteiger partial charge on any atom is -0.295 e. The molecule has 2 nitrogen and oxygen atoms in total. The third-order valence-corrected chi connectivity index (χ3v) is 4.04. The third kappa shape index (κ3) is 4.57. The Labute approximate surface area is 112 Å². The van der Waals surface area contributed by atoms with Crippen molar-refractivity contribution in [1.82, 2.24) is 0 Å². The second-order valence-corrected chi connectivity index (χ2v) is 5.74. The van der Waals surface area contributed by atoms with Crippen LogP contribution in [0, 0.1) is 6.92 Å². The molecule has 0 N–H and O–H groups in total. The van der Waals surface area contributed by atoms with E-state index in [-0.39, 0.29) is 5.78 Å². The van der Waals surface area contributed by atoms with Crippen LogP contribution in [0.15, 0.2) is 40.1 Å². The zero-order valence-electron chi connectivity index (χ0n) is 11.2. The van der Waals surface area contributed by atoms with E-state index in [4.69, 9.17) is 0 Å². The molecule has 1 unspecified atom stereocenters. The summed E-state index contributed by atoms with van der Waals surface area (Å²) in [6.07, 6.45) is 2.44. The Hall–Kier alpha value is -1.22. The molecule has 1 rings (SSSR count). The molecule has 1 atom stereocenters. The second kappa shape index (κ2) is 7.27. The quantitative estimate of drug-likeness (QED) is 0.733. The highest BCUT2D eigenvalue weighted by atomic mass is 32.2. The molecular weight excluding hydrogens is 244 g/mol. The molecule has 18 heavy (non-hydrogen) atoms. The Balaban J connectivity index is 2.73. The van der Waals surface area contributed by atoms with E-state index >= 15 is 0 Å². The van der Waals surface area contributed by atoms with Crippen molar-refractivity contribution in [2.45, 2.75) is 44.9 Å². The molecule has 0 aliphatic carbocycles. The highest BCUT2D eigenvalue weighted by Gasteiger charge is 2.07. The van der Waals surface area contributed by atoms with Gasteiger partial charge in [-0.05, 0) is 32.4 Å². The average Bonchev–Trinajstić information content (AvgIpc) is 2.36. The fourth-order valence-corrected chi connectivity index (χ4v) is 2.49. The first-order valence-electron chi connectivity index (χ1n) is 6.23. The van der Waals surface area contributed by atoms with Crippen LogP contribution in [0.5, 0.6) is 0 Å². The van der Waals surface area contributed by atoms with E-state index < -0.39 is 10.8 Å². The average molecular weight is 264 g/mol. The summed E-state index contributed by atoms with van der Waals surface area (Å²) < 4.78 is 12.0. The summed E-state index contributed by atoms with van der Waals surface area (Å²) in [7, 11) is -1.23. The minimum atomic E-state index is -1.23. The van der Waals surface area contributed by atoms with Crippen LogP contribution in [-0.2, 0) is 15.6 Å². The minimum absolute atomic E-state index is 0.0947. The predicted octanol–water partition coefficient (Wildman–Crippen LogP) is 3.77. The maximum absolute atomic E-state index is 12.0. The van der Waals surface area contributed by atoms with Gasteiger partial charge in [-0.3, -0.25) is 4.79 Å². The van der Waals surface area contributed by atoms with Gasteiger partial charge in [0, 0.05) is 22.3 Å². The molecule has 0 spiro atoms. The first-order valence-corrected chi connectivity index (χ1v) is 7.44. The summed E-state index contributed by atoms with van der Waals surface area (Å²) in [5.74, 6) is 0.0947. The lowest BCUT2D eigenvalue weighted by Gasteiger charge is -2.01. The van der Waals surface area contributed by atoms with Gasteiger partial charge in [-0.1, -0.05) is 31.0 Å². The normalized spacial score (nSPS) is 13.4.